The van der Waals surface area contributed by atoms with Gasteiger partial charge < -0.3 is 4.57 Å². The van der Waals surface area contributed by atoms with Crippen LogP contribution < -0.4 is 0 Å². The van der Waals surface area contributed by atoms with E-state index in [9.17, 15) is 4.79 Å². The van der Waals surface area contributed by atoms with E-state index in [4.69, 9.17) is 0 Å². The van der Waals surface area contributed by atoms with E-state index in [1.165, 1.54) is 0 Å². The summed E-state index contributed by atoms with van der Waals surface area (Å²) in [7, 11) is 0. The number of Topliss-reactive ketones (excluding diaryl/α,β-unsaturated/α-hetero) is 1. The summed E-state index contributed by atoms with van der Waals surface area (Å²) < 4.78 is 2.03. The summed E-state index contributed by atoms with van der Waals surface area (Å²) in [5.41, 5.74) is 2.61. The van der Waals surface area contributed by atoms with Crippen molar-refractivity contribution in [1.29, 1.82) is 0 Å². The third-order valence-corrected chi connectivity index (χ3v) is 2.97. The smallest absolute Gasteiger partial charge is 0.161 e. The molecule has 0 aliphatic rings. The molecule has 0 aliphatic heterocycles. The molecule has 0 radical (unpaired) electrons. The number of pyridine rings is 1. The van der Waals surface area contributed by atoms with Crippen LogP contribution in [0.15, 0.2) is 55.0 Å². The molecule has 0 fully saturated rings. The molecular weight excluding hydrogens is 224 g/mol. The van der Waals surface area contributed by atoms with Gasteiger partial charge in [-0.15, -0.1) is 0 Å². The zero-order valence-corrected chi connectivity index (χ0v) is 10.00. The molecule has 0 amide bonds. The molecule has 3 nitrogen and oxygen atoms in total. The lowest BCUT2D eigenvalue weighted by Crippen LogP contribution is -1.95. The van der Waals surface area contributed by atoms with Crippen LogP contribution in [0.4, 0.5) is 0 Å². The van der Waals surface area contributed by atoms with Gasteiger partial charge in [-0.3, -0.25) is 9.78 Å². The van der Waals surface area contributed by atoms with Crippen LogP contribution in [0.1, 0.15) is 17.3 Å². The minimum atomic E-state index is 0.0377. The van der Waals surface area contributed by atoms with Crippen LogP contribution in [0.25, 0.3) is 16.6 Å². The van der Waals surface area contributed by atoms with Crippen LogP contribution in [0, 0.1) is 0 Å². The standard InChI is InChI=1S/C15H12N2O/c1-11(18)13-8-12-9-14(17-6-2-3-7-17)4-5-15(12)16-10-13/h2-10H,1H3. The number of hydrogen-bond acceptors (Lipinski definition) is 2. The minimum absolute atomic E-state index is 0.0377. The van der Waals surface area contributed by atoms with Crippen molar-refractivity contribution in [3.63, 3.8) is 0 Å². The van der Waals surface area contributed by atoms with Crippen molar-refractivity contribution >= 4 is 16.7 Å². The Labute approximate surface area is 105 Å². The fourth-order valence-corrected chi connectivity index (χ4v) is 1.98. The molecule has 3 heteroatoms. The first kappa shape index (κ1) is 10.7. The first-order valence-corrected chi connectivity index (χ1v) is 5.78. The van der Waals surface area contributed by atoms with Crippen molar-refractivity contribution in [3.05, 3.63) is 60.6 Å². The molecule has 0 spiro atoms. The second-order valence-corrected chi connectivity index (χ2v) is 4.25. The Hall–Kier alpha value is -2.42. The molecule has 18 heavy (non-hydrogen) atoms. The van der Waals surface area contributed by atoms with Crippen molar-refractivity contribution in [2.45, 2.75) is 6.92 Å². The van der Waals surface area contributed by atoms with E-state index in [0.29, 0.717) is 5.56 Å². The number of aromatic nitrogens is 2. The van der Waals surface area contributed by atoms with Gasteiger partial charge in [0.15, 0.2) is 5.78 Å². The maximum absolute atomic E-state index is 11.4. The number of carbonyl (C=O) groups is 1. The Bertz CT molecular complexity index is 714. The van der Waals surface area contributed by atoms with Crippen molar-refractivity contribution < 1.29 is 4.79 Å². The van der Waals surface area contributed by atoms with Gasteiger partial charge in [0.05, 0.1) is 5.52 Å². The highest BCUT2D eigenvalue weighted by atomic mass is 16.1. The summed E-state index contributed by atoms with van der Waals surface area (Å²) in [5.74, 6) is 0.0377. The fourth-order valence-electron chi connectivity index (χ4n) is 1.98. The van der Waals surface area contributed by atoms with E-state index in [2.05, 4.69) is 4.98 Å². The molecule has 0 saturated heterocycles. The molecule has 0 saturated carbocycles. The first-order chi connectivity index (χ1) is 8.74. The molecule has 88 valence electrons. The number of ketones is 1. The van der Waals surface area contributed by atoms with Gasteiger partial charge in [0.1, 0.15) is 0 Å². The van der Waals surface area contributed by atoms with Crippen LogP contribution in [-0.4, -0.2) is 15.3 Å². The van der Waals surface area contributed by atoms with Gasteiger partial charge in [0.2, 0.25) is 0 Å². The predicted molar refractivity (Wildman–Crippen MR) is 71.1 cm³/mol. The highest BCUT2D eigenvalue weighted by molar-refractivity contribution is 5.97. The lowest BCUT2D eigenvalue weighted by molar-refractivity contribution is 0.101. The first-order valence-electron chi connectivity index (χ1n) is 5.78. The summed E-state index contributed by atoms with van der Waals surface area (Å²) in [6.45, 7) is 1.55. The third-order valence-electron chi connectivity index (χ3n) is 2.97. The minimum Gasteiger partial charge on any atom is -0.324 e. The van der Waals surface area contributed by atoms with E-state index >= 15 is 0 Å². The number of hydrogen-bond donors (Lipinski definition) is 0. The molecule has 0 unspecified atom stereocenters. The van der Waals surface area contributed by atoms with E-state index in [0.717, 1.165) is 16.6 Å². The van der Waals surface area contributed by atoms with E-state index in [1.54, 1.807) is 13.1 Å². The Kier molecular flexibility index (Phi) is 2.45. The second-order valence-electron chi connectivity index (χ2n) is 4.25. The highest BCUT2D eigenvalue weighted by Gasteiger charge is 2.03. The molecular formula is C15H12N2O. The number of fused-ring (bicyclic) bond motifs is 1. The van der Waals surface area contributed by atoms with Crippen molar-refractivity contribution in [3.8, 4) is 5.69 Å². The fraction of sp³-hybridized carbons (Fsp3) is 0.0667. The summed E-state index contributed by atoms with van der Waals surface area (Å²) in [5, 5.41) is 0.980. The van der Waals surface area contributed by atoms with Gasteiger partial charge in [-0.2, -0.15) is 0 Å². The van der Waals surface area contributed by atoms with Crippen LogP contribution >= 0.6 is 0 Å². The summed E-state index contributed by atoms with van der Waals surface area (Å²) in [4.78, 5) is 15.7. The van der Waals surface area contributed by atoms with Gasteiger partial charge >= 0.3 is 0 Å². The predicted octanol–water partition coefficient (Wildman–Crippen LogP) is 3.23. The lowest BCUT2D eigenvalue weighted by Gasteiger charge is -2.05. The highest BCUT2D eigenvalue weighted by Crippen LogP contribution is 2.18. The van der Waals surface area contributed by atoms with Crippen molar-refractivity contribution in [1.82, 2.24) is 9.55 Å². The normalized spacial score (nSPS) is 10.7. The topological polar surface area (TPSA) is 34.9 Å². The number of benzene rings is 1. The maximum Gasteiger partial charge on any atom is 0.161 e. The molecule has 2 aromatic heterocycles. The Balaban J connectivity index is 2.18. The van der Waals surface area contributed by atoms with E-state index in [1.807, 2.05) is 53.4 Å². The molecule has 0 atom stereocenters. The molecule has 0 bridgehead atoms. The molecule has 3 rings (SSSR count). The quantitative estimate of drug-likeness (QED) is 0.640. The zero-order valence-electron chi connectivity index (χ0n) is 10.00. The lowest BCUT2D eigenvalue weighted by atomic mass is 10.1. The summed E-state index contributed by atoms with van der Waals surface area (Å²) in [6, 6.07) is 11.9. The van der Waals surface area contributed by atoms with Gasteiger partial charge in [-0.1, -0.05) is 0 Å². The average molecular weight is 236 g/mol. The maximum atomic E-state index is 11.4. The molecule has 1 aromatic carbocycles. The second kappa shape index (κ2) is 4.11. The summed E-state index contributed by atoms with van der Waals surface area (Å²) >= 11 is 0. The largest absolute Gasteiger partial charge is 0.324 e. The van der Waals surface area contributed by atoms with Gasteiger partial charge in [-0.25, -0.2) is 0 Å². The van der Waals surface area contributed by atoms with Crippen LogP contribution in [0.2, 0.25) is 0 Å². The van der Waals surface area contributed by atoms with Crippen LogP contribution in [-0.2, 0) is 0 Å². The molecule has 0 N–H and O–H groups in total. The van der Waals surface area contributed by atoms with E-state index < -0.39 is 0 Å². The van der Waals surface area contributed by atoms with Crippen LogP contribution in [0.3, 0.4) is 0 Å². The van der Waals surface area contributed by atoms with Gasteiger partial charge in [0, 0.05) is 35.2 Å². The van der Waals surface area contributed by atoms with Crippen LogP contribution in [0.5, 0.6) is 0 Å². The van der Waals surface area contributed by atoms with Crippen molar-refractivity contribution in [2.75, 3.05) is 0 Å². The Morgan fingerprint density at radius 2 is 1.94 bits per heavy atom. The molecule has 3 aromatic rings. The van der Waals surface area contributed by atoms with Gasteiger partial charge in [-0.05, 0) is 43.3 Å². The zero-order chi connectivity index (χ0) is 12.5. The number of carbonyl (C=O) groups excluding carboxylic acids is 1. The number of rotatable bonds is 2. The Morgan fingerprint density at radius 1 is 1.17 bits per heavy atom. The monoisotopic (exact) mass is 236 g/mol. The molecule has 2 heterocycles. The van der Waals surface area contributed by atoms with E-state index in [-0.39, 0.29) is 5.78 Å². The Morgan fingerprint density at radius 3 is 2.67 bits per heavy atom. The number of nitrogens with zero attached hydrogens (tertiary/aromatic N) is 2. The molecule has 0 aliphatic carbocycles. The summed E-state index contributed by atoms with van der Waals surface area (Å²) in [6.07, 6.45) is 5.60. The SMILES string of the molecule is CC(=O)c1cnc2ccc(-n3cccc3)cc2c1. The van der Waals surface area contributed by atoms with Gasteiger partial charge in [0.25, 0.3) is 0 Å². The third kappa shape index (κ3) is 1.80. The van der Waals surface area contributed by atoms with Crippen molar-refractivity contribution in [2.24, 2.45) is 0 Å². The average Bonchev–Trinajstić information content (AvgIpc) is 2.91.